The summed E-state index contributed by atoms with van der Waals surface area (Å²) in [6.07, 6.45) is 0.994. The minimum atomic E-state index is -3.50. The van der Waals surface area contributed by atoms with E-state index in [0.29, 0.717) is 5.56 Å². The minimum absolute atomic E-state index is 0.0995. The molecule has 0 unspecified atom stereocenters. The van der Waals surface area contributed by atoms with E-state index in [0.717, 1.165) is 10.6 Å². The van der Waals surface area contributed by atoms with E-state index in [4.69, 9.17) is 5.73 Å². The van der Waals surface area contributed by atoms with Gasteiger partial charge in [0.25, 0.3) is 0 Å². The van der Waals surface area contributed by atoms with Crippen molar-refractivity contribution in [1.82, 2.24) is 0 Å². The molecular weight excluding hydrogens is 219 g/mol. The summed E-state index contributed by atoms with van der Waals surface area (Å²) in [7, 11) is -2.24. The van der Waals surface area contributed by atoms with Gasteiger partial charge in [0, 0.05) is 7.05 Å². The fourth-order valence-corrected chi connectivity index (χ4v) is 1.68. The second kappa shape index (κ2) is 3.69. The van der Waals surface area contributed by atoms with Crippen LogP contribution in [0.3, 0.4) is 0 Å². The molecule has 0 spiro atoms. The van der Waals surface area contributed by atoms with Gasteiger partial charge in [0.1, 0.15) is 5.69 Å². The number of sulfonamides is 1. The number of nitrogen functional groups attached to an aromatic ring is 1. The molecule has 84 valence electrons. The Balaban J connectivity index is 3.44. The molecule has 0 aliphatic heterocycles. The van der Waals surface area contributed by atoms with Gasteiger partial charge in [-0.15, -0.1) is 0 Å². The third-order valence-corrected chi connectivity index (χ3v) is 3.33. The van der Waals surface area contributed by atoms with E-state index < -0.39 is 15.8 Å². The first kappa shape index (κ1) is 11.8. The van der Waals surface area contributed by atoms with Crippen LogP contribution in [0, 0.1) is 12.7 Å². The van der Waals surface area contributed by atoms with E-state index >= 15 is 0 Å². The highest BCUT2D eigenvalue weighted by molar-refractivity contribution is 7.92. The lowest BCUT2D eigenvalue weighted by atomic mass is 10.2. The SMILES string of the molecule is Cc1ccc(N)c(N(C)S(C)(=O)=O)c1F. The van der Waals surface area contributed by atoms with Gasteiger partial charge in [-0.2, -0.15) is 0 Å². The molecule has 0 amide bonds. The molecule has 0 saturated heterocycles. The summed E-state index contributed by atoms with van der Waals surface area (Å²) in [6.45, 7) is 1.55. The number of benzene rings is 1. The molecule has 0 aliphatic carbocycles. The largest absolute Gasteiger partial charge is 0.397 e. The van der Waals surface area contributed by atoms with Crippen molar-refractivity contribution in [3.63, 3.8) is 0 Å². The number of hydrogen-bond acceptors (Lipinski definition) is 3. The van der Waals surface area contributed by atoms with Crippen LogP contribution in [0.25, 0.3) is 0 Å². The Hall–Kier alpha value is -1.30. The van der Waals surface area contributed by atoms with Gasteiger partial charge in [-0.05, 0) is 18.6 Å². The van der Waals surface area contributed by atoms with Crippen LogP contribution in [0.2, 0.25) is 0 Å². The number of halogens is 1. The standard InChI is InChI=1S/C9H13FN2O2S/c1-6-4-5-7(11)9(8(6)10)12(2)15(3,13)14/h4-5H,11H2,1-3H3. The molecule has 1 rings (SSSR count). The zero-order valence-corrected chi connectivity index (χ0v) is 9.60. The lowest BCUT2D eigenvalue weighted by Gasteiger charge is -2.20. The van der Waals surface area contributed by atoms with Crippen molar-refractivity contribution >= 4 is 21.4 Å². The van der Waals surface area contributed by atoms with E-state index in [2.05, 4.69) is 0 Å². The zero-order valence-electron chi connectivity index (χ0n) is 8.78. The summed E-state index contributed by atoms with van der Waals surface area (Å²) in [5.41, 5.74) is 5.90. The van der Waals surface area contributed by atoms with Gasteiger partial charge in [-0.25, -0.2) is 12.8 Å². The number of aryl methyl sites for hydroxylation is 1. The highest BCUT2D eigenvalue weighted by Crippen LogP contribution is 2.29. The normalized spacial score (nSPS) is 11.5. The zero-order chi connectivity index (χ0) is 11.8. The number of rotatable bonds is 2. The van der Waals surface area contributed by atoms with Gasteiger partial charge in [0.2, 0.25) is 10.0 Å². The molecule has 0 heterocycles. The first-order chi connectivity index (χ1) is 6.75. The fourth-order valence-electron chi connectivity index (χ4n) is 1.17. The molecule has 15 heavy (non-hydrogen) atoms. The van der Waals surface area contributed by atoms with Crippen LogP contribution < -0.4 is 10.0 Å². The topological polar surface area (TPSA) is 63.4 Å². The molecule has 2 N–H and O–H groups in total. The Bertz CT molecular complexity index is 485. The van der Waals surface area contributed by atoms with Crippen molar-refractivity contribution < 1.29 is 12.8 Å². The summed E-state index contributed by atoms with van der Waals surface area (Å²) in [5.74, 6) is -0.608. The summed E-state index contributed by atoms with van der Waals surface area (Å²) in [6, 6.07) is 2.99. The van der Waals surface area contributed by atoms with Crippen molar-refractivity contribution in [3.8, 4) is 0 Å². The molecule has 6 heteroatoms. The molecule has 4 nitrogen and oxygen atoms in total. The first-order valence-corrected chi connectivity index (χ1v) is 6.08. The van der Waals surface area contributed by atoms with Crippen LogP contribution in [0.15, 0.2) is 12.1 Å². The smallest absolute Gasteiger partial charge is 0.232 e. The lowest BCUT2D eigenvalue weighted by Crippen LogP contribution is -2.27. The molecular formula is C9H13FN2O2S. The van der Waals surface area contributed by atoms with Crippen LogP contribution in [-0.4, -0.2) is 21.7 Å². The van der Waals surface area contributed by atoms with Gasteiger partial charge in [0.15, 0.2) is 5.82 Å². The van der Waals surface area contributed by atoms with Gasteiger partial charge in [-0.3, -0.25) is 4.31 Å². The second-order valence-corrected chi connectivity index (χ2v) is 5.38. The van der Waals surface area contributed by atoms with E-state index in [-0.39, 0.29) is 11.4 Å². The van der Waals surface area contributed by atoms with Crippen LogP contribution in [0.1, 0.15) is 5.56 Å². The van der Waals surface area contributed by atoms with Crippen LogP contribution in [-0.2, 0) is 10.0 Å². The molecule has 0 radical (unpaired) electrons. The maximum Gasteiger partial charge on any atom is 0.232 e. The average molecular weight is 232 g/mol. The Kier molecular flexibility index (Phi) is 2.90. The Labute approximate surface area is 88.6 Å². The number of nitrogens with two attached hydrogens (primary N) is 1. The van der Waals surface area contributed by atoms with Crippen molar-refractivity contribution in [3.05, 3.63) is 23.5 Å². The van der Waals surface area contributed by atoms with Crippen molar-refractivity contribution in [2.24, 2.45) is 0 Å². The van der Waals surface area contributed by atoms with Gasteiger partial charge < -0.3 is 5.73 Å². The van der Waals surface area contributed by atoms with Crippen LogP contribution >= 0.6 is 0 Å². The maximum atomic E-state index is 13.7. The second-order valence-electron chi connectivity index (χ2n) is 3.36. The minimum Gasteiger partial charge on any atom is -0.397 e. The fraction of sp³-hybridized carbons (Fsp3) is 0.333. The van der Waals surface area contributed by atoms with Crippen LogP contribution in [0.4, 0.5) is 15.8 Å². The molecule has 0 fully saturated rings. The predicted octanol–water partition coefficient (Wildman–Crippen LogP) is 1.11. The van der Waals surface area contributed by atoms with Crippen molar-refractivity contribution in [2.75, 3.05) is 23.3 Å². The van der Waals surface area contributed by atoms with E-state index in [1.54, 1.807) is 6.92 Å². The number of hydrogen-bond donors (Lipinski definition) is 1. The molecule has 0 atom stereocenters. The number of nitrogens with zero attached hydrogens (tertiary/aromatic N) is 1. The third-order valence-electron chi connectivity index (χ3n) is 2.15. The maximum absolute atomic E-state index is 13.7. The Morgan fingerprint density at radius 3 is 2.40 bits per heavy atom. The van der Waals surface area contributed by atoms with Crippen molar-refractivity contribution in [2.45, 2.75) is 6.92 Å². The summed E-state index contributed by atoms with van der Waals surface area (Å²) in [4.78, 5) is 0. The molecule has 1 aromatic carbocycles. The molecule has 0 bridgehead atoms. The van der Waals surface area contributed by atoms with Gasteiger partial charge in [0.05, 0.1) is 11.9 Å². The first-order valence-electron chi connectivity index (χ1n) is 4.23. The average Bonchev–Trinajstić information content (AvgIpc) is 2.10. The Morgan fingerprint density at radius 1 is 1.40 bits per heavy atom. The third kappa shape index (κ3) is 2.20. The molecule has 0 aliphatic rings. The predicted molar refractivity (Wildman–Crippen MR) is 58.8 cm³/mol. The van der Waals surface area contributed by atoms with E-state index in [1.165, 1.54) is 19.2 Å². The van der Waals surface area contributed by atoms with Gasteiger partial charge in [-0.1, -0.05) is 6.07 Å². The molecule has 0 aromatic heterocycles. The van der Waals surface area contributed by atoms with Gasteiger partial charge >= 0.3 is 0 Å². The Morgan fingerprint density at radius 2 is 1.93 bits per heavy atom. The summed E-state index contributed by atoms with van der Waals surface area (Å²) >= 11 is 0. The number of anilines is 2. The quantitative estimate of drug-likeness (QED) is 0.777. The van der Waals surface area contributed by atoms with E-state index in [9.17, 15) is 12.8 Å². The van der Waals surface area contributed by atoms with Crippen molar-refractivity contribution in [1.29, 1.82) is 0 Å². The monoisotopic (exact) mass is 232 g/mol. The summed E-state index contributed by atoms with van der Waals surface area (Å²) < 4.78 is 37.0. The highest BCUT2D eigenvalue weighted by Gasteiger charge is 2.20. The van der Waals surface area contributed by atoms with E-state index in [1.807, 2.05) is 0 Å². The summed E-state index contributed by atoms with van der Waals surface area (Å²) in [5, 5.41) is 0. The lowest BCUT2D eigenvalue weighted by molar-refractivity contribution is 0.593. The van der Waals surface area contributed by atoms with Crippen LogP contribution in [0.5, 0.6) is 0 Å². The molecule has 0 saturated carbocycles. The highest BCUT2D eigenvalue weighted by atomic mass is 32.2. The molecule has 1 aromatic rings.